The number of pyridine rings is 2. The Kier molecular flexibility index (Phi) is 4.01. The van der Waals surface area contributed by atoms with Crippen molar-refractivity contribution in [2.24, 2.45) is 5.73 Å². The predicted octanol–water partition coefficient (Wildman–Crippen LogP) is 1.82. The molecule has 0 bridgehead atoms. The van der Waals surface area contributed by atoms with E-state index in [1.54, 1.807) is 0 Å². The van der Waals surface area contributed by atoms with Gasteiger partial charge in [-0.1, -0.05) is 12.1 Å². The molecule has 2 aromatic heterocycles. The lowest BCUT2D eigenvalue weighted by molar-refractivity contribution is 0.641. The Morgan fingerprint density at radius 3 is 2.10 bits per heavy atom. The summed E-state index contributed by atoms with van der Waals surface area (Å²) >= 11 is 0. The zero-order valence-electron chi connectivity index (χ0n) is 12.3. The third-order valence-electron chi connectivity index (χ3n) is 3.87. The lowest BCUT2D eigenvalue weighted by Gasteiger charge is -2.36. The van der Waals surface area contributed by atoms with Gasteiger partial charge in [-0.3, -0.25) is 0 Å². The van der Waals surface area contributed by atoms with Crippen LogP contribution in [0.1, 0.15) is 18.5 Å². The van der Waals surface area contributed by atoms with E-state index >= 15 is 0 Å². The Bertz CT molecular complexity index is 559. The van der Waals surface area contributed by atoms with Crippen LogP contribution in [-0.2, 0) is 0 Å². The zero-order chi connectivity index (χ0) is 14.7. The Morgan fingerprint density at radius 1 is 0.952 bits per heavy atom. The van der Waals surface area contributed by atoms with Crippen LogP contribution < -0.4 is 15.5 Å². The summed E-state index contributed by atoms with van der Waals surface area (Å²) in [6.07, 6.45) is 3.72. The Balaban J connectivity index is 1.63. The van der Waals surface area contributed by atoms with Gasteiger partial charge in [0.25, 0.3) is 0 Å². The van der Waals surface area contributed by atoms with Gasteiger partial charge in [0, 0.05) is 44.6 Å². The van der Waals surface area contributed by atoms with E-state index in [0.717, 1.165) is 43.4 Å². The molecule has 2 N–H and O–H groups in total. The van der Waals surface area contributed by atoms with E-state index in [4.69, 9.17) is 5.73 Å². The molecule has 0 unspecified atom stereocenters. The highest BCUT2D eigenvalue weighted by Crippen LogP contribution is 2.18. The summed E-state index contributed by atoms with van der Waals surface area (Å²) in [5, 5.41) is 0. The number of anilines is 2. The molecule has 2 aromatic rings. The fraction of sp³-hybridized carbons (Fsp3) is 0.375. The number of rotatable bonds is 3. The highest BCUT2D eigenvalue weighted by Gasteiger charge is 2.18. The minimum Gasteiger partial charge on any atom is -0.353 e. The van der Waals surface area contributed by atoms with Crippen molar-refractivity contribution in [1.29, 1.82) is 0 Å². The zero-order valence-corrected chi connectivity index (χ0v) is 12.3. The normalized spacial score (nSPS) is 16.9. The van der Waals surface area contributed by atoms with Crippen molar-refractivity contribution in [3.63, 3.8) is 0 Å². The highest BCUT2D eigenvalue weighted by molar-refractivity contribution is 5.45. The minimum atomic E-state index is 0.0348. The topological polar surface area (TPSA) is 58.3 Å². The van der Waals surface area contributed by atoms with Gasteiger partial charge in [-0.2, -0.15) is 0 Å². The molecule has 0 aliphatic carbocycles. The maximum Gasteiger partial charge on any atom is 0.128 e. The molecule has 0 spiro atoms. The molecule has 3 rings (SSSR count). The molecule has 0 saturated carbocycles. The summed E-state index contributed by atoms with van der Waals surface area (Å²) in [6.45, 7) is 5.83. The molecule has 5 heteroatoms. The molecule has 110 valence electrons. The van der Waals surface area contributed by atoms with Gasteiger partial charge in [0.05, 0.1) is 0 Å². The Labute approximate surface area is 125 Å². The number of aromatic nitrogens is 2. The molecule has 1 aliphatic heterocycles. The van der Waals surface area contributed by atoms with Gasteiger partial charge >= 0.3 is 0 Å². The van der Waals surface area contributed by atoms with Gasteiger partial charge in [0.1, 0.15) is 11.6 Å². The van der Waals surface area contributed by atoms with Crippen molar-refractivity contribution < 1.29 is 0 Å². The van der Waals surface area contributed by atoms with E-state index in [-0.39, 0.29) is 6.04 Å². The second kappa shape index (κ2) is 6.10. The lowest BCUT2D eigenvalue weighted by atomic mass is 10.1. The Morgan fingerprint density at radius 2 is 1.62 bits per heavy atom. The molecule has 21 heavy (non-hydrogen) atoms. The summed E-state index contributed by atoms with van der Waals surface area (Å²) in [4.78, 5) is 13.6. The first kappa shape index (κ1) is 13.8. The van der Waals surface area contributed by atoms with Gasteiger partial charge in [-0.25, -0.2) is 9.97 Å². The second-order valence-corrected chi connectivity index (χ2v) is 5.40. The standard InChI is InChI=1S/C16H21N5/c1-13(17)14-5-6-16(19-12-14)21-10-8-20(9-11-21)15-4-2-3-7-18-15/h2-7,12-13H,8-11,17H2,1H3/t13-/m1/s1. The predicted molar refractivity (Wildman–Crippen MR) is 85.5 cm³/mol. The monoisotopic (exact) mass is 283 g/mol. The largest absolute Gasteiger partial charge is 0.353 e. The first-order chi connectivity index (χ1) is 10.2. The first-order valence-electron chi connectivity index (χ1n) is 7.36. The van der Waals surface area contributed by atoms with Crippen LogP contribution in [0.25, 0.3) is 0 Å². The lowest BCUT2D eigenvalue weighted by Crippen LogP contribution is -2.47. The average molecular weight is 283 g/mol. The van der Waals surface area contributed by atoms with Crippen LogP contribution >= 0.6 is 0 Å². The molecule has 1 saturated heterocycles. The molecular weight excluding hydrogens is 262 g/mol. The minimum absolute atomic E-state index is 0.0348. The van der Waals surface area contributed by atoms with Crippen molar-refractivity contribution in [2.45, 2.75) is 13.0 Å². The number of nitrogens with zero attached hydrogens (tertiary/aromatic N) is 4. The maximum absolute atomic E-state index is 5.86. The van der Waals surface area contributed by atoms with Gasteiger partial charge < -0.3 is 15.5 Å². The third kappa shape index (κ3) is 3.13. The van der Waals surface area contributed by atoms with Crippen molar-refractivity contribution in [1.82, 2.24) is 9.97 Å². The molecular formula is C16H21N5. The summed E-state index contributed by atoms with van der Waals surface area (Å²) in [7, 11) is 0. The van der Waals surface area contributed by atoms with Crippen LogP contribution in [0.5, 0.6) is 0 Å². The van der Waals surface area contributed by atoms with E-state index < -0.39 is 0 Å². The van der Waals surface area contributed by atoms with Crippen LogP contribution in [0.15, 0.2) is 42.7 Å². The maximum atomic E-state index is 5.86. The molecule has 3 heterocycles. The van der Waals surface area contributed by atoms with Crippen molar-refractivity contribution in [2.75, 3.05) is 36.0 Å². The highest BCUT2D eigenvalue weighted by atomic mass is 15.3. The molecule has 1 fully saturated rings. The van der Waals surface area contributed by atoms with E-state index in [0.29, 0.717) is 0 Å². The van der Waals surface area contributed by atoms with E-state index in [9.17, 15) is 0 Å². The summed E-state index contributed by atoms with van der Waals surface area (Å²) in [6, 6.07) is 10.2. The van der Waals surface area contributed by atoms with E-state index in [2.05, 4.69) is 38.0 Å². The molecule has 0 amide bonds. The van der Waals surface area contributed by atoms with Crippen LogP contribution in [0.4, 0.5) is 11.6 Å². The molecule has 5 nitrogen and oxygen atoms in total. The van der Waals surface area contributed by atoms with Gasteiger partial charge in [-0.15, -0.1) is 0 Å². The number of hydrogen-bond acceptors (Lipinski definition) is 5. The molecule has 1 aliphatic rings. The van der Waals surface area contributed by atoms with Crippen LogP contribution in [0, 0.1) is 0 Å². The van der Waals surface area contributed by atoms with Crippen molar-refractivity contribution in [3.8, 4) is 0 Å². The van der Waals surface area contributed by atoms with Crippen molar-refractivity contribution in [3.05, 3.63) is 48.3 Å². The summed E-state index contributed by atoms with van der Waals surface area (Å²) in [5.41, 5.74) is 6.93. The van der Waals surface area contributed by atoms with E-state index in [1.165, 1.54) is 0 Å². The number of piperazine rings is 1. The third-order valence-corrected chi connectivity index (χ3v) is 3.87. The molecule has 0 aromatic carbocycles. The molecule has 0 radical (unpaired) electrons. The number of hydrogen-bond donors (Lipinski definition) is 1. The Hall–Kier alpha value is -2.14. The smallest absolute Gasteiger partial charge is 0.128 e. The van der Waals surface area contributed by atoms with Crippen LogP contribution in [0.2, 0.25) is 0 Å². The summed E-state index contributed by atoms with van der Waals surface area (Å²) in [5.74, 6) is 2.08. The fourth-order valence-electron chi connectivity index (χ4n) is 2.56. The van der Waals surface area contributed by atoms with Gasteiger partial charge in [-0.05, 0) is 30.7 Å². The average Bonchev–Trinajstić information content (AvgIpc) is 2.56. The summed E-state index contributed by atoms with van der Waals surface area (Å²) < 4.78 is 0. The molecule has 1 atom stereocenters. The first-order valence-corrected chi connectivity index (χ1v) is 7.36. The quantitative estimate of drug-likeness (QED) is 0.931. The van der Waals surface area contributed by atoms with Crippen LogP contribution in [-0.4, -0.2) is 36.1 Å². The van der Waals surface area contributed by atoms with Gasteiger partial charge in [0.15, 0.2) is 0 Å². The number of nitrogens with two attached hydrogens (primary N) is 1. The van der Waals surface area contributed by atoms with Gasteiger partial charge in [0.2, 0.25) is 0 Å². The second-order valence-electron chi connectivity index (χ2n) is 5.40. The SMILES string of the molecule is C[C@@H](N)c1ccc(N2CCN(c3ccccn3)CC2)nc1. The van der Waals surface area contributed by atoms with E-state index in [1.807, 2.05) is 31.5 Å². The van der Waals surface area contributed by atoms with Crippen molar-refractivity contribution >= 4 is 11.6 Å². The van der Waals surface area contributed by atoms with Crippen LogP contribution in [0.3, 0.4) is 0 Å². The fourth-order valence-corrected chi connectivity index (χ4v) is 2.56.